The molecule has 1 aliphatic carbocycles. The van der Waals surface area contributed by atoms with Crippen LogP contribution in [0.1, 0.15) is 46.5 Å². The lowest BCUT2D eigenvalue weighted by molar-refractivity contribution is 0.0240. The summed E-state index contributed by atoms with van der Waals surface area (Å²) in [5, 5.41) is 13.7. The van der Waals surface area contributed by atoms with E-state index in [1.807, 2.05) is 45.0 Å². The lowest BCUT2D eigenvalue weighted by Crippen LogP contribution is -2.50. The van der Waals surface area contributed by atoms with E-state index in [2.05, 4.69) is 20.2 Å². The summed E-state index contributed by atoms with van der Waals surface area (Å²) >= 11 is 6.35. The standard InChI is InChI=1S/C25H34ClN5O3/c1-25(2,3)34-24(33)31-12-10-30(11-13-31)23-14-17(8-9-27-23)21-15-19(16-22(26)29-21)28-18-4-6-20(32)7-5-18/h8-9,14-16,18,20,32H,4-7,10-13H2,1-3H3,(H,28,29). The van der Waals surface area contributed by atoms with Crippen LogP contribution in [0.3, 0.4) is 0 Å². The number of nitrogens with one attached hydrogen (secondary N) is 1. The Balaban J connectivity index is 1.43. The van der Waals surface area contributed by atoms with Crippen molar-refractivity contribution in [3.8, 4) is 11.3 Å². The van der Waals surface area contributed by atoms with E-state index in [1.54, 1.807) is 11.1 Å². The fourth-order valence-corrected chi connectivity index (χ4v) is 4.59. The molecule has 0 radical (unpaired) electrons. The highest BCUT2D eigenvalue weighted by Crippen LogP contribution is 2.29. The van der Waals surface area contributed by atoms with Crippen LogP contribution in [0.5, 0.6) is 0 Å². The zero-order valence-corrected chi connectivity index (χ0v) is 20.9. The Labute approximate surface area is 206 Å². The molecule has 1 saturated heterocycles. The molecule has 0 bridgehead atoms. The first-order valence-corrected chi connectivity index (χ1v) is 12.4. The highest BCUT2D eigenvalue weighted by molar-refractivity contribution is 6.29. The van der Waals surface area contributed by atoms with Crippen molar-refractivity contribution in [2.45, 2.75) is 64.2 Å². The van der Waals surface area contributed by atoms with Gasteiger partial charge in [0, 0.05) is 49.7 Å². The lowest BCUT2D eigenvalue weighted by atomic mass is 9.93. The molecule has 1 aliphatic heterocycles. The zero-order valence-electron chi connectivity index (χ0n) is 20.1. The second-order valence-electron chi connectivity index (χ2n) is 10.1. The SMILES string of the molecule is CC(C)(C)OC(=O)N1CCN(c2cc(-c3cc(NC4CCC(O)CC4)cc(Cl)n3)ccn2)CC1. The Morgan fingerprint density at radius 3 is 2.50 bits per heavy atom. The van der Waals surface area contributed by atoms with Gasteiger partial charge in [-0.1, -0.05) is 11.6 Å². The average molecular weight is 488 g/mol. The zero-order chi connectivity index (χ0) is 24.3. The maximum absolute atomic E-state index is 12.3. The van der Waals surface area contributed by atoms with Gasteiger partial charge in [-0.2, -0.15) is 0 Å². The van der Waals surface area contributed by atoms with Crippen molar-refractivity contribution >= 4 is 29.2 Å². The Kier molecular flexibility index (Phi) is 7.48. The summed E-state index contributed by atoms with van der Waals surface area (Å²) < 4.78 is 5.49. The summed E-state index contributed by atoms with van der Waals surface area (Å²) in [5.41, 5.74) is 2.15. The predicted molar refractivity (Wildman–Crippen MR) is 134 cm³/mol. The molecule has 9 heteroatoms. The molecule has 8 nitrogen and oxygen atoms in total. The summed E-state index contributed by atoms with van der Waals surface area (Å²) in [7, 11) is 0. The molecule has 34 heavy (non-hydrogen) atoms. The van der Waals surface area contributed by atoms with Gasteiger partial charge in [0.15, 0.2) is 0 Å². The van der Waals surface area contributed by atoms with Crippen molar-refractivity contribution in [1.29, 1.82) is 0 Å². The van der Waals surface area contributed by atoms with Gasteiger partial charge in [-0.05, 0) is 70.7 Å². The maximum Gasteiger partial charge on any atom is 0.410 e. The topological polar surface area (TPSA) is 90.8 Å². The summed E-state index contributed by atoms with van der Waals surface area (Å²) in [4.78, 5) is 25.3. The summed E-state index contributed by atoms with van der Waals surface area (Å²) in [5.74, 6) is 0.846. The number of rotatable bonds is 4. The van der Waals surface area contributed by atoms with Crippen LogP contribution in [0.15, 0.2) is 30.5 Å². The average Bonchev–Trinajstić information content (AvgIpc) is 2.79. The number of anilines is 2. The molecule has 3 heterocycles. The summed E-state index contributed by atoms with van der Waals surface area (Å²) in [6.45, 7) is 8.15. The van der Waals surface area contributed by atoms with E-state index in [1.165, 1.54) is 0 Å². The first kappa shape index (κ1) is 24.5. The molecule has 2 aromatic rings. The lowest BCUT2D eigenvalue weighted by Gasteiger charge is -2.36. The molecule has 1 saturated carbocycles. The molecule has 184 valence electrons. The van der Waals surface area contributed by atoms with E-state index in [9.17, 15) is 9.90 Å². The number of carbonyl (C=O) groups is 1. The molecule has 2 aromatic heterocycles. The number of pyridine rings is 2. The molecule has 4 rings (SSSR count). The fraction of sp³-hybridized carbons (Fsp3) is 0.560. The third-order valence-electron chi connectivity index (χ3n) is 6.16. The number of nitrogens with zero attached hydrogens (tertiary/aromatic N) is 4. The molecule has 0 spiro atoms. The van der Waals surface area contributed by atoms with E-state index in [0.717, 1.165) is 48.4 Å². The Morgan fingerprint density at radius 2 is 1.82 bits per heavy atom. The van der Waals surface area contributed by atoms with Gasteiger partial charge in [-0.25, -0.2) is 14.8 Å². The van der Waals surface area contributed by atoms with Gasteiger partial charge >= 0.3 is 6.09 Å². The molecule has 2 fully saturated rings. The largest absolute Gasteiger partial charge is 0.444 e. The van der Waals surface area contributed by atoms with Crippen molar-refractivity contribution in [2.75, 3.05) is 36.4 Å². The molecule has 0 unspecified atom stereocenters. The third kappa shape index (κ3) is 6.51. The third-order valence-corrected chi connectivity index (χ3v) is 6.35. The van der Waals surface area contributed by atoms with Crippen molar-refractivity contribution < 1.29 is 14.6 Å². The van der Waals surface area contributed by atoms with Gasteiger partial charge in [-0.3, -0.25) is 0 Å². The number of halogens is 1. The van der Waals surface area contributed by atoms with Crippen molar-refractivity contribution in [2.24, 2.45) is 0 Å². The first-order valence-electron chi connectivity index (χ1n) is 12.0. The number of hydrogen-bond acceptors (Lipinski definition) is 7. The van der Waals surface area contributed by atoms with Crippen LogP contribution >= 0.6 is 11.6 Å². The minimum Gasteiger partial charge on any atom is -0.444 e. The fourth-order valence-electron chi connectivity index (χ4n) is 4.38. The number of aromatic nitrogens is 2. The number of carbonyl (C=O) groups excluding carboxylic acids is 1. The minimum atomic E-state index is -0.500. The number of piperazine rings is 1. The normalized spacial score (nSPS) is 21.3. The maximum atomic E-state index is 12.3. The van der Waals surface area contributed by atoms with E-state index < -0.39 is 5.60 Å². The number of aliphatic hydroxyl groups excluding tert-OH is 1. The van der Waals surface area contributed by atoms with Crippen molar-refractivity contribution in [3.05, 3.63) is 35.6 Å². The van der Waals surface area contributed by atoms with Crippen LogP contribution in [-0.4, -0.2) is 70.0 Å². The quantitative estimate of drug-likeness (QED) is 0.610. The molecule has 0 atom stereocenters. The second kappa shape index (κ2) is 10.4. The highest BCUT2D eigenvalue weighted by atomic mass is 35.5. The predicted octanol–water partition coefficient (Wildman–Crippen LogP) is 4.57. The molecule has 1 amide bonds. The highest BCUT2D eigenvalue weighted by Gasteiger charge is 2.26. The summed E-state index contributed by atoms with van der Waals surface area (Å²) in [6.07, 6.45) is 4.83. The molecule has 0 aromatic carbocycles. The van der Waals surface area contributed by atoms with Gasteiger partial charge < -0.3 is 25.0 Å². The van der Waals surface area contributed by atoms with Crippen LogP contribution in [0.4, 0.5) is 16.3 Å². The van der Waals surface area contributed by atoms with Gasteiger partial charge in [0.1, 0.15) is 16.6 Å². The molecule has 2 aliphatic rings. The van der Waals surface area contributed by atoms with Gasteiger partial charge in [-0.15, -0.1) is 0 Å². The van der Waals surface area contributed by atoms with Crippen LogP contribution in [-0.2, 0) is 4.74 Å². The van der Waals surface area contributed by atoms with E-state index >= 15 is 0 Å². The van der Waals surface area contributed by atoms with Crippen LogP contribution < -0.4 is 10.2 Å². The van der Waals surface area contributed by atoms with Crippen LogP contribution in [0.25, 0.3) is 11.3 Å². The smallest absolute Gasteiger partial charge is 0.410 e. The Morgan fingerprint density at radius 1 is 1.12 bits per heavy atom. The van der Waals surface area contributed by atoms with Crippen LogP contribution in [0.2, 0.25) is 5.15 Å². The Hall–Kier alpha value is -2.58. The van der Waals surface area contributed by atoms with E-state index in [4.69, 9.17) is 16.3 Å². The second-order valence-corrected chi connectivity index (χ2v) is 10.5. The van der Waals surface area contributed by atoms with Crippen molar-refractivity contribution in [1.82, 2.24) is 14.9 Å². The van der Waals surface area contributed by atoms with Gasteiger partial charge in [0.2, 0.25) is 0 Å². The van der Waals surface area contributed by atoms with Gasteiger partial charge in [0.25, 0.3) is 0 Å². The van der Waals surface area contributed by atoms with Gasteiger partial charge in [0.05, 0.1) is 11.8 Å². The number of ether oxygens (including phenoxy) is 1. The Bertz CT molecular complexity index is 996. The molecular weight excluding hydrogens is 454 g/mol. The molecular formula is C25H34ClN5O3. The number of aliphatic hydroxyl groups is 1. The van der Waals surface area contributed by atoms with E-state index in [0.29, 0.717) is 37.4 Å². The van der Waals surface area contributed by atoms with E-state index in [-0.39, 0.29) is 12.2 Å². The van der Waals surface area contributed by atoms with Crippen molar-refractivity contribution in [3.63, 3.8) is 0 Å². The van der Waals surface area contributed by atoms with Crippen LogP contribution in [0, 0.1) is 0 Å². The summed E-state index contributed by atoms with van der Waals surface area (Å²) in [6, 6.07) is 8.12. The minimum absolute atomic E-state index is 0.184. The number of amides is 1. The number of hydrogen-bond donors (Lipinski definition) is 2. The monoisotopic (exact) mass is 487 g/mol. The first-order chi connectivity index (χ1) is 16.2. The molecule has 2 N–H and O–H groups in total.